The fourth-order valence-electron chi connectivity index (χ4n) is 0.763. The lowest BCUT2D eigenvalue weighted by Crippen LogP contribution is -2.32. The zero-order valence-electron chi connectivity index (χ0n) is 11.7. The number of amides is 1. The predicted octanol–water partition coefficient (Wildman–Crippen LogP) is 1.76. The van der Waals surface area contributed by atoms with Gasteiger partial charge in [-0.1, -0.05) is 34.6 Å². The van der Waals surface area contributed by atoms with Crippen LogP contribution in [0, 0.1) is 0 Å². The number of hydrogen-bond donors (Lipinski definition) is 3. The minimum absolute atomic E-state index is 0.140. The molecule has 0 rings (SSSR count). The first kappa shape index (κ1) is 21.2. The van der Waals surface area contributed by atoms with E-state index < -0.39 is 12.0 Å². The smallest absolute Gasteiger partial charge is 0.320 e. The molecule has 17 heavy (non-hydrogen) atoms. The minimum Gasteiger partial charge on any atom is -0.480 e. The molecule has 4 N–H and O–H groups in total. The number of aliphatic carboxylic acids is 1. The molecule has 0 aliphatic heterocycles. The first-order chi connectivity index (χ1) is 8.07. The fraction of sp³-hybridized carbons (Fsp3) is 0.833. The average Bonchev–Trinajstić information content (AvgIpc) is 2.38. The van der Waals surface area contributed by atoms with Crippen molar-refractivity contribution in [2.75, 3.05) is 6.54 Å². The molecule has 1 amide bonds. The molecule has 0 heterocycles. The quantitative estimate of drug-likeness (QED) is 0.667. The lowest BCUT2D eigenvalue weighted by atomic mass is 10.1. The van der Waals surface area contributed by atoms with E-state index in [2.05, 4.69) is 5.32 Å². The number of nitrogens with one attached hydrogen (secondary N) is 1. The van der Waals surface area contributed by atoms with Crippen molar-refractivity contribution in [2.24, 2.45) is 5.73 Å². The zero-order chi connectivity index (χ0) is 14.3. The highest BCUT2D eigenvalue weighted by Crippen LogP contribution is 1.94. The van der Waals surface area contributed by atoms with E-state index in [4.69, 9.17) is 10.8 Å². The average molecular weight is 248 g/mol. The fourth-order valence-corrected chi connectivity index (χ4v) is 0.763. The number of carbonyl (C=O) groups excluding carboxylic acids is 1. The molecule has 0 saturated heterocycles. The van der Waals surface area contributed by atoms with E-state index >= 15 is 0 Å². The van der Waals surface area contributed by atoms with Gasteiger partial charge >= 0.3 is 5.97 Å². The van der Waals surface area contributed by atoms with Crippen LogP contribution in [-0.2, 0) is 9.59 Å². The summed E-state index contributed by atoms with van der Waals surface area (Å²) < 4.78 is 0. The standard InChI is InChI=1S/C8H16N2O3.2C2H6/c1-2-5-10-7(11)4-3-6(9)8(12)13;2*1-2/h6H,2-5,9H2,1H3,(H,10,11)(H,12,13);2*1-2H3/t6-;;/m0../s1. The molecule has 104 valence electrons. The molecular weight excluding hydrogens is 220 g/mol. The Bertz CT molecular complexity index is 185. The van der Waals surface area contributed by atoms with Crippen LogP contribution in [0.3, 0.4) is 0 Å². The third-order valence-electron chi connectivity index (χ3n) is 1.57. The van der Waals surface area contributed by atoms with Crippen molar-refractivity contribution in [2.45, 2.75) is 59.9 Å². The van der Waals surface area contributed by atoms with E-state index in [1.807, 2.05) is 34.6 Å². The van der Waals surface area contributed by atoms with Crippen molar-refractivity contribution in [1.82, 2.24) is 5.32 Å². The molecule has 5 heteroatoms. The van der Waals surface area contributed by atoms with Gasteiger partial charge in [-0.25, -0.2) is 0 Å². The number of hydrogen-bond acceptors (Lipinski definition) is 3. The molecular formula is C12H28N2O3. The van der Waals surface area contributed by atoms with Crippen LogP contribution < -0.4 is 11.1 Å². The molecule has 0 saturated carbocycles. The number of carboxylic acids is 1. The van der Waals surface area contributed by atoms with Crippen LogP contribution in [0.5, 0.6) is 0 Å². The van der Waals surface area contributed by atoms with Gasteiger partial charge in [-0.3, -0.25) is 9.59 Å². The summed E-state index contributed by atoms with van der Waals surface area (Å²) in [5, 5.41) is 11.1. The highest BCUT2D eigenvalue weighted by atomic mass is 16.4. The van der Waals surface area contributed by atoms with Gasteiger partial charge in [0.25, 0.3) is 0 Å². The summed E-state index contributed by atoms with van der Waals surface area (Å²) >= 11 is 0. The van der Waals surface area contributed by atoms with Gasteiger partial charge in [0.05, 0.1) is 0 Å². The van der Waals surface area contributed by atoms with Gasteiger partial charge in [0.1, 0.15) is 6.04 Å². The van der Waals surface area contributed by atoms with Gasteiger partial charge in [-0.2, -0.15) is 0 Å². The van der Waals surface area contributed by atoms with Gasteiger partial charge in [-0.05, 0) is 12.8 Å². The van der Waals surface area contributed by atoms with Crippen LogP contribution in [0.1, 0.15) is 53.9 Å². The maximum Gasteiger partial charge on any atom is 0.320 e. The number of carbonyl (C=O) groups is 2. The Morgan fingerprint density at radius 3 is 2.06 bits per heavy atom. The topological polar surface area (TPSA) is 92.4 Å². The molecule has 0 radical (unpaired) electrons. The van der Waals surface area contributed by atoms with E-state index in [0.717, 1.165) is 6.42 Å². The van der Waals surface area contributed by atoms with E-state index in [1.54, 1.807) is 0 Å². The first-order valence-corrected chi connectivity index (χ1v) is 6.33. The summed E-state index contributed by atoms with van der Waals surface area (Å²) in [4.78, 5) is 21.2. The second-order valence-electron chi connectivity index (χ2n) is 2.83. The number of nitrogens with two attached hydrogens (primary N) is 1. The molecule has 5 nitrogen and oxygen atoms in total. The van der Waals surface area contributed by atoms with Gasteiger partial charge in [0, 0.05) is 13.0 Å². The summed E-state index contributed by atoms with van der Waals surface area (Å²) in [5.74, 6) is -1.21. The van der Waals surface area contributed by atoms with Crippen molar-refractivity contribution >= 4 is 11.9 Å². The Labute approximate surface area is 105 Å². The largest absolute Gasteiger partial charge is 0.480 e. The SMILES string of the molecule is CC.CC.CCCNC(=O)CC[C@H](N)C(=O)O. The van der Waals surface area contributed by atoms with Crippen LogP contribution in [-0.4, -0.2) is 29.6 Å². The maximum atomic E-state index is 11.0. The number of rotatable bonds is 6. The molecule has 0 aromatic heterocycles. The van der Waals surface area contributed by atoms with Crippen molar-refractivity contribution in [3.05, 3.63) is 0 Å². The second-order valence-corrected chi connectivity index (χ2v) is 2.83. The van der Waals surface area contributed by atoms with E-state index in [1.165, 1.54) is 0 Å². The van der Waals surface area contributed by atoms with E-state index in [9.17, 15) is 9.59 Å². The summed E-state index contributed by atoms with van der Waals surface area (Å²) in [6.45, 7) is 10.6. The Kier molecular flexibility index (Phi) is 21.6. The predicted molar refractivity (Wildman–Crippen MR) is 70.8 cm³/mol. The molecule has 0 aliphatic carbocycles. The Morgan fingerprint density at radius 1 is 1.24 bits per heavy atom. The zero-order valence-corrected chi connectivity index (χ0v) is 11.7. The lowest BCUT2D eigenvalue weighted by Gasteiger charge is -2.06. The molecule has 0 aromatic rings. The van der Waals surface area contributed by atoms with E-state index in [-0.39, 0.29) is 18.7 Å². The Hall–Kier alpha value is -1.10. The molecule has 0 aliphatic rings. The Balaban J connectivity index is -0.000000439. The highest BCUT2D eigenvalue weighted by molar-refractivity contribution is 5.78. The summed E-state index contributed by atoms with van der Waals surface area (Å²) in [5.41, 5.74) is 5.21. The first-order valence-electron chi connectivity index (χ1n) is 6.33. The van der Waals surface area contributed by atoms with Gasteiger partial charge in [0.2, 0.25) is 5.91 Å². The van der Waals surface area contributed by atoms with Crippen molar-refractivity contribution < 1.29 is 14.7 Å². The molecule has 0 fully saturated rings. The molecule has 0 spiro atoms. The lowest BCUT2D eigenvalue weighted by molar-refractivity contribution is -0.138. The van der Waals surface area contributed by atoms with Crippen molar-refractivity contribution in [1.29, 1.82) is 0 Å². The monoisotopic (exact) mass is 248 g/mol. The second kappa shape index (κ2) is 17.3. The van der Waals surface area contributed by atoms with Crippen LogP contribution >= 0.6 is 0 Å². The molecule has 0 aromatic carbocycles. The summed E-state index contributed by atoms with van der Waals surface area (Å²) in [6.07, 6.45) is 1.23. The third kappa shape index (κ3) is 17.5. The van der Waals surface area contributed by atoms with Crippen molar-refractivity contribution in [3.63, 3.8) is 0 Å². The van der Waals surface area contributed by atoms with Gasteiger partial charge in [0.15, 0.2) is 0 Å². The molecule has 0 unspecified atom stereocenters. The summed E-state index contributed by atoms with van der Waals surface area (Å²) in [7, 11) is 0. The van der Waals surface area contributed by atoms with Crippen LogP contribution in [0.2, 0.25) is 0 Å². The van der Waals surface area contributed by atoms with Crippen LogP contribution in [0.25, 0.3) is 0 Å². The summed E-state index contributed by atoms with van der Waals surface area (Å²) in [6, 6.07) is -0.938. The van der Waals surface area contributed by atoms with Crippen LogP contribution in [0.4, 0.5) is 0 Å². The highest BCUT2D eigenvalue weighted by Gasteiger charge is 2.12. The molecule has 0 bridgehead atoms. The minimum atomic E-state index is -1.07. The third-order valence-corrected chi connectivity index (χ3v) is 1.57. The normalized spacial score (nSPS) is 10.0. The van der Waals surface area contributed by atoms with Crippen molar-refractivity contribution in [3.8, 4) is 0 Å². The Morgan fingerprint density at radius 2 is 1.71 bits per heavy atom. The van der Waals surface area contributed by atoms with Gasteiger partial charge in [-0.15, -0.1) is 0 Å². The number of carboxylic acid groups (broad SMARTS) is 1. The maximum absolute atomic E-state index is 11.0. The van der Waals surface area contributed by atoms with E-state index in [0.29, 0.717) is 6.54 Å². The molecule has 1 atom stereocenters. The van der Waals surface area contributed by atoms with Gasteiger partial charge < -0.3 is 16.2 Å². The van der Waals surface area contributed by atoms with Crippen LogP contribution in [0.15, 0.2) is 0 Å².